The van der Waals surface area contributed by atoms with Crippen molar-refractivity contribution >= 4 is 17.4 Å². The van der Waals surface area contributed by atoms with Crippen molar-refractivity contribution in [3.8, 4) is 5.75 Å². The molecule has 2 aromatic carbocycles. The summed E-state index contributed by atoms with van der Waals surface area (Å²) in [6.45, 7) is 6.68. The molecule has 7 heteroatoms. The molecule has 7 nitrogen and oxygen atoms in total. The van der Waals surface area contributed by atoms with Crippen LogP contribution in [0.15, 0.2) is 30.3 Å². The van der Waals surface area contributed by atoms with E-state index < -0.39 is 24.1 Å². The Morgan fingerprint density at radius 2 is 1.67 bits per heavy atom. The summed E-state index contributed by atoms with van der Waals surface area (Å²) in [5, 5.41) is 10.9. The van der Waals surface area contributed by atoms with Crippen LogP contribution in [0.4, 0.5) is 5.69 Å². The molecule has 0 spiro atoms. The number of esters is 1. The van der Waals surface area contributed by atoms with Crippen LogP contribution in [0.5, 0.6) is 5.75 Å². The standard InChI is InChI=1S/C20H21NO6/c1-12-9-13(2)20(15(4)14(12)3)17(22)10-27-19(23)11-26-18-8-6-5-7-16(18)21(24)25/h5-9H,10-11H2,1-4H3. The largest absolute Gasteiger partial charge is 0.475 e. The zero-order chi connectivity index (χ0) is 20.1. The van der Waals surface area contributed by atoms with E-state index in [-0.39, 0.29) is 17.2 Å². The van der Waals surface area contributed by atoms with E-state index in [4.69, 9.17) is 9.47 Å². The van der Waals surface area contributed by atoms with Crippen LogP contribution in [0, 0.1) is 37.8 Å². The number of carbonyl (C=O) groups excluding carboxylic acids is 2. The molecule has 0 aliphatic carbocycles. The maximum absolute atomic E-state index is 12.5. The number of rotatable bonds is 7. The number of benzene rings is 2. The van der Waals surface area contributed by atoms with Crippen molar-refractivity contribution in [1.82, 2.24) is 0 Å². The molecule has 0 N–H and O–H groups in total. The zero-order valence-electron chi connectivity index (χ0n) is 15.7. The molecule has 0 fully saturated rings. The van der Waals surface area contributed by atoms with Gasteiger partial charge in [-0.25, -0.2) is 4.79 Å². The number of carbonyl (C=O) groups is 2. The SMILES string of the molecule is Cc1cc(C)c(C(=O)COC(=O)COc2ccccc2[N+](=O)[O-])c(C)c1C. The third kappa shape index (κ3) is 4.69. The summed E-state index contributed by atoms with van der Waals surface area (Å²) in [7, 11) is 0. The highest BCUT2D eigenvalue weighted by Crippen LogP contribution is 2.26. The Labute approximate surface area is 157 Å². The molecule has 0 radical (unpaired) electrons. The van der Waals surface area contributed by atoms with Crippen molar-refractivity contribution < 1.29 is 24.0 Å². The molecule has 0 heterocycles. The summed E-state index contributed by atoms with van der Waals surface area (Å²) in [6.07, 6.45) is 0. The number of hydrogen-bond acceptors (Lipinski definition) is 6. The quantitative estimate of drug-likeness (QED) is 0.319. The number of ether oxygens (including phenoxy) is 2. The van der Waals surface area contributed by atoms with Gasteiger partial charge in [-0.3, -0.25) is 14.9 Å². The number of ketones is 1. The van der Waals surface area contributed by atoms with Crippen molar-refractivity contribution in [2.45, 2.75) is 27.7 Å². The Bertz CT molecular complexity index is 904. The molecule has 27 heavy (non-hydrogen) atoms. The van der Waals surface area contributed by atoms with E-state index in [1.165, 1.54) is 18.2 Å². The van der Waals surface area contributed by atoms with Crippen LogP contribution < -0.4 is 4.74 Å². The summed E-state index contributed by atoms with van der Waals surface area (Å²) in [6, 6.07) is 7.64. The van der Waals surface area contributed by atoms with Crippen LogP contribution in [-0.4, -0.2) is 29.9 Å². The Kier molecular flexibility index (Phi) is 6.28. The van der Waals surface area contributed by atoms with Crippen molar-refractivity contribution in [3.05, 3.63) is 68.3 Å². The second-order valence-corrected chi connectivity index (χ2v) is 6.23. The molecular weight excluding hydrogens is 350 g/mol. The molecule has 0 atom stereocenters. The lowest BCUT2D eigenvalue weighted by Gasteiger charge is -2.14. The summed E-state index contributed by atoms with van der Waals surface area (Å²) in [5.41, 5.74) is 4.11. The van der Waals surface area contributed by atoms with Crippen LogP contribution in [0.2, 0.25) is 0 Å². The Morgan fingerprint density at radius 1 is 1.00 bits per heavy atom. The summed E-state index contributed by atoms with van der Waals surface area (Å²) < 4.78 is 10.1. The highest BCUT2D eigenvalue weighted by molar-refractivity contribution is 6.01. The second-order valence-electron chi connectivity index (χ2n) is 6.23. The molecule has 0 aliphatic heterocycles. The predicted molar refractivity (Wildman–Crippen MR) is 99.3 cm³/mol. The van der Waals surface area contributed by atoms with E-state index in [9.17, 15) is 19.7 Å². The van der Waals surface area contributed by atoms with Crippen molar-refractivity contribution in [2.75, 3.05) is 13.2 Å². The molecule has 142 valence electrons. The van der Waals surface area contributed by atoms with Gasteiger partial charge in [0.2, 0.25) is 5.78 Å². The minimum Gasteiger partial charge on any atom is -0.475 e. The van der Waals surface area contributed by atoms with Crippen LogP contribution in [0.1, 0.15) is 32.6 Å². The molecule has 0 aliphatic rings. The zero-order valence-corrected chi connectivity index (χ0v) is 15.7. The van der Waals surface area contributed by atoms with Gasteiger partial charge in [0.15, 0.2) is 19.0 Å². The molecule has 0 unspecified atom stereocenters. The fourth-order valence-corrected chi connectivity index (χ4v) is 2.84. The summed E-state index contributed by atoms with van der Waals surface area (Å²) in [4.78, 5) is 34.6. The van der Waals surface area contributed by atoms with Gasteiger partial charge in [0.05, 0.1) is 4.92 Å². The third-order valence-electron chi connectivity index (χ3n) is 4.41. The number of hydrogen-bond donors (Lipinski definition) is 0. The lowest BCUT2D eigenvalue weighted by Crippen LogP contribution is -2.21. The van der Waals surface area contributed by atoms with E-state index in [1.54, 1.807) is 6.07 Å². The average Bonchev–Trinajstić information content (AvgIpc) is 2.63. The highest BCUT2D eigenvalue weighted by atomic mass is 16.6. The van der Waals surface area contributed by atoms with E-state index in [0.717, 1.165) is 22.3 Å². The first-order valence-electron chi connectivity index (χ1n) is 8.34. The fourth-order valence-electron chi connectivity index (χ4n) is 2.84. The minimum atomic E-state index is -0.777. The highest BCUT2D eigenvalue weighted by Gasteiger charge is 2.19. The predicted octanol–water partition coefficient (Wildman–Crippen LogP) is 3.63. The normalized spacial score (nSPS) is 10.4. The average molecular weight is 371 g/mol. The summed E-state index contributed by atoms with van der Waals surface area (Å²) in [5.74, 6) is -1.11. The topological polar surface area (TPSA) is 95.7 Å². The second kappa shape index (κ2) is 8.44. The first-order chi connectivity index (χ1) is 12.7. The van der Waals surface area contributed by atoms with E-state index in [0.29, 0.717) is 5.56 Å². The smallest absolute Gasteiger partial charge is 0.344 e. The van der Waals surface area contributed by atoms with Gasteiger partial charge in [-0.2, -0.15) is 0 Å². The van der Waals surface area contributed by atoms with Crippen LogP contribution in [0.3, 0.4) is 0 Å². The van der Waals surface area contributed by atoms with Gasteiger partial charge in [0, 0.05) is 11.6 Å². The van der Waals surface area contributed by atoms with E-state index >= 15 is 0 Å². The molecular formula is C20H21NO6. The molecule has 0 saturated carbocycles. The maximum atomic E-state index is 12.5. The molecule has 2 rings (SSSR count). The number of nitro benzene ring substituents is 1. The Morgan fingerprint density at radius 3 is 2.33 bits per heavy atom. The van der Waals surface area contributed by atoms with E-state index in [1.807, 2.05) is 33.8 Å². The number of aryl methyl sites for hydroxylation is 2. The lowest BCUT2D eigenvalue weighted by molar-refractivity contribution is -0.385. The number of nitro groups is 1. The minimum absolute atomic E-state index is 0.0355. The van der Waals surface area contributed by atoms with E-state index in [2.05, 4.69) is 0 Å². The Balaban J connectivity index is 1.98. The van der Waals surface area contributed by atoms with Gasteiger partial charge in [-0.05, 0) is 56.0 Å². The number of para-hydroxylation sites is 2. The monoisotopic (exact) mass is 371 g/mol. The van der Waals surface area contributed by atoms with Gasteiger partial charge in [-0.15, -0.1) is 0 Å². The van der Waals surface area contributed by atoms with Crippen molar-refractivity contribution in [1.29, 1.82) is 0 Å². The number of nitrogens with zero attached hydrogens (tertiary/aromatic N) is 1. The fraction of sp³-hybridized carbons (Fsp3) is 0.300. The van der Waals surface area contributed by atoms with Gasteiger partial charge in [-0.1, -0.05) is 18.2 Å². The van der Waals surface area contributed by atoms with Crippen LogP contribution in [-0.2, 0) is 9.53 Å². The van der Waals surface area contributed by atoms with Crippen LogP contribution in [0.25, 0.3) is 0 Å². The van der Waals surface area contributed by atoms with Crippen molar-refractivity contribution in [3.63, 3.8) is 0 Å². The number of Topliss-reactive ketones (excluding diaryl/α,β-unsaturated/α-hetero) is 1. The molecule has 0 bridgehead atoms. The first-order valence-corrected chi connectivity index (χ1v) is 8.34. The Hall–Kier alpha value is -3.22. The molecule has 0 amide bonds. The first kappa shape index (κ1) is 20.1. The summed E-state index contributed by atoms with van der Waals surface area (Å²) >= 11 is 0. The third-order valence-corrected chi connectivity index (χ3v) is 4.41. The maximum Gasteiger partial charge on any atom is 0.344 e. The van der Waals surface area contributed by atoms with Gasteiger partial charge < -0.3 is 9.47 Å². The van der Waals surface area contributed by atoms with Gasteiger partial charge in [0.1, 0.15) is 0 Å². The molecule has 0 aromatic heterocycles. The van der Waals surface area contributed by atoms with Gasteiger partial charge >= 0.3 is 11.7 Å². The molecule has 0 saturated heterocycles. The molecule has 2 aromatic rings. The van der Waals surface area contributed by atoms with Crippen molar-refractivity contribution in [2.24, 2.45) is 0 Å². The van der Waals surface area contributed by atoms with Crippen LogP contribution >= 0.6 is 0 Å². The lowest BCUT2D eigenvalue weighted by atomic mass is 9.92. The van der Waals surface area contributed by atoms with Gasteiger partial charge in [0.25, 0.3) is 0 Å².